The van der Waals surface area contributed by atoms with Crippen molar-refractivity contribution in [3.63, 3.8) is 0 Å². The molecule has 5 rings (SSSR count). The molecular formula is C18H17F3N10O. The number of rotatable bonds is 4. The highest BCUT2D eigenvalue weighted by Crippen LogP contribution is 2.30. The smallest absolute Gasteiger partial charge is 0.366 e. The summed E-state index contributed by atoms with van der Waals surface area (Å²) in [5, 5.41) is 22.3. The Labute approximate surface area is 177 Å². The van der Waals surface area contributed by atoms with Crippen molar-refractivity contribution in [2.45, 2.75) is 43.9 Å². The van der Waals surface area contributed by atoms with Gasteiger partial charge in [0.1, 0.15) is 18.5 Å². The van der Waals surface area contributed by atoms with Crippen molar-refractivity contribution < 1.29 is 13.2 Å². The first-order valence-corrected chi connectivity index (χ1v) is 9.89. The number of fused-ring (bicyclic) bond motifs is 1. The quantitative estimate of drug-likeness (QED) is 0.505. The fourth-order valence-electron chi connectivity index (χ4n) is 3.84. The normalized spacial score (nSPS) is 19.3. The summed E-state index contributed by atoms with van der Waals surface area (Å²) in [5.74, 6) is -0.374. The van der Waals surface area contributed by atoms with Crippen LogP contribution in [0, 0.1) is 0 Å². The largest absolute Gasteiger partial charge is 0.453 e. The van der Waals surface area contributed by atoms with Crippen LogP contribution in [0.4, 0.5) is 19.0 Å². The van der Waals surface area contributed by atoms with Gasteiger partial charge in [-0.1, -0.05) is 0 Å². The van der Waals surface area contributed by atoms with E-state index in [-0.39, 0.29) is 23.3 Å². The number of nitrogens with one attached hydrogen (secondary N) is 1. The van der Waals surface area contributed by atoms with Gasteiger partial charge in [-0.15, -0.1) is 20.4 Å². The molecule has 0 amide bonds. The second-order valence-corrected chi connectivity index (χ2v) is 7.47. The number of anilines is 1. The molecular weight excluding hydrogens is 429 g/mol. The van der Waals surface area contributed by atoms with Gasteiger partial charge in [0, 0.05) is 12.1 Å². The van der Waals surface area contributed by atoms with Gasteiger partial charge in [-0.3, -0.25) is 4.79 Å². The number of hydrogen-bond donors (Lipinski definition) is 1. The Morgan fingerprint density at radius 2 is 1.81 bits per heavy atom. The van der Waals surface area contributed by atoms with E-state index in [2.05, 4.69) is 35.8 Å². The minimum absolute atomic E-state index is 0.00350. The molecule has 1 N–H and O–H groups in total. The molecule has 0 unspecified atom stereocenters. The van der Waals surface area contributed by atoms with Crippen LogP contribution in [0.1, 0.15) is 37.5 Å². The molecule has 1 fully saturated rings. The minimum Gasteiger partial charge on any atom is -0.366 e. The summed E-state index contributed by atoms with van der Waals surface area (Å²) in [6, 6.07) is 5.95. The molecule has 166 valence electrons. The molecule has 0 saturated heterocycles. The van der Waals surface area contributed by atoms with E-state index in [1.165, 1.54) is 34.2 Å². The van der Waals surface area contributed by atoms with Crippen LogP contribution >= 0.6 is 0 Å². The van der Waals surface area contributed by atoms with Gasteiger partial charge in [-0.05, 0) is 43.9 Å². The molecule has 1 aliphatic rings. The maximum atomic E-state index is 13.1. The summed E-state index contributed by atoms with van der Waals surface area (Å²) >= 11 is 0. The highest BCUT2D eigenvalue weighted by atomic mass is 19.4. The van der Waals surface area contributed by atoms with Crippen LogP contribution in [0.25, 0.3) is 11.5 Å². The molecule has 0 bridgehead atoms. The predicted octanol–water partition coefficient (Wildman–Crippen LogP) is 1.88. The van der Waals surface area contributed by atoms with E-state index in [4.69, 9.17) is 0 Å². The molecule has 14 heteroatoms. The van der Waals surface area contributed by atoms with Crippen LogP contribution in [0.5, 0.6) is 0 Å². The number of halogens is 3. The first kappa shape index (κ1) is 20.1. The van der Waals surface area contributed by atoms with Gasteiger partial charge in [0.15, 0.2) is 11.5 Å². The minimum atomic E-state index is -4.65. The molecule has 0 aliphatic heterocycles. The summed E-state index contributed by atoms with van der Waals surface area (Å²) in [5.41, 5.74) is -0.186. The third-order valence-corrected chi connectivity index (χ3v) is 5.38. The molecule has 4 heterocycles. The zero-order valence-electron chi connectivity index (χ0n) is 16.5. The Morgan fingerprint density at radius 3 is 2.53 bits per heavy atom. The van der Waals surface area contributed by atoms with Crippen molar-refractivity contribution >= 4 is 11.5 Å². The monoisotopic (exact) mass is 446 g/mol. The van der Waals surface area contributed by atoms with Gasteiger partial charge in [-0.25, -0.2) is 14.3 Å². The zero-order chi connectivity index (χ0) is 22.3. The highest BCUT2D eigenvalue weighted by Gasteiger charge is 2.37. The van der Waals surface area contributed by atoms with E-state index >= 15 is 0 Å². The van der Waals surface area contributed by atoms with E-state index in [0.717, 1.165) is 0 Å². The van der Waals surface area contributed by atoms with Crippen LogP contribution in [0.2, 0.25) is 0 Å². The first-order chi connectivity index (χ1) is 15.4. The summed E-state index contributed by atoms with van der Waals surface area (Å²) in [6.45, 7) is 0. The topological polar surface area (TPSA) is 121 Å². The molecule has 0 aromatic carbocycles. The second kappa shape index (κ2) is 7.69. The lowest BCUT2D eigenvalue weighted by molar-refractivity contribution is -0.146. The van der Waals surface area contributed by atoms with E-state index in [9.17, 15) is 18.0 Å². The molecule has 0 spiro atoms. The standard InChI is InChI=1S/C18H17F3N10O/c19-18(20,21)17-26-25-14-6-5-13(27-31(14)17)24-11-1-3-12(4-2-11)30-16(32)8-7-15(28-30)29-10-22-9-23-29/h5-12H,1-4H2,(H,24,27). The second-order valence-electron chi connectivity index (χ2n) is 7.47. The summed E-state index contributed by atoms with van der Waals surface area (Å²) in [6.07, 6.45) is 0.978. The van der Waals surface area contributed by atoms with Gasteiger partial charge < -0.3 is 5.32 Å². The van der Waals surface area contributed by atoms with Crippen molar-refractivity contribution in [1.29, 1.82) is 0 Å². The fourth-order valence-corrected chi connectivity index (χ4v) is 3.84. The number of hydrogen-bond acceptors (Lipinski definition) is 8. The van der Waals surface area contributed by atoms with Crippen LogP contribution in [0.3, 0.4) is 0 Å². The lowest BCUT2D eigenvalue weighted by atomic mass is 9.91. The fraction of sp³-hybridized carbons (Fsp3) is 0.389. The summed E-state index contributed by atoms with van der Waals surface area (Å²) in [4.78, 5) is 16.2. The van der Waals surface area contributed by atoms with Crippen molar-refractivity contribution in [1.82, 2.24) is 44.4 Å². The van der Waals surface area contributed by atoms with Gasteiger partial charge in [-0.2, -0.15) is 22.8 Å². The van der Waals surface area contributed by atoms with Crippen LogP contribution in [0.15, 0.2) is 41.7 Å². The van der Waals surface area contributed by atoms with Crippen LogP contribution in [-0.4, -0.2) is 50.4 Å². The van der Waals surface area contributed by atoms with Crippen molar-refractivity contribution in [2.24, 2.45) is 0 Å². The lowest BCUT2D eigenvalue weighted by Gasteiger charge is -2.29. The Hall–Kier alpha value is -3.84. The molecule has 1 aliphatic carbocycles. The molecule has 1 saturated carbocycles. The highest BCUT2D eigenvalue weighted by molar-refractivity contribution is 5.44. The molecule has 4 aromatic heterocycles. The lowest BCUT2D eigenvalue weighted by Crippen LogP contribution is -2.33. The van der Waals surface area contributed by atoms with Crippen molar-refractivity contribution in [3.8, 4) is 5.82 Å². The number of nitrogens with zero attached hydrogens (tertiary/aromatic N) is 9. The van der Waals surface area contributed by atoms with E-state index in [0.29, 0.717) is 41.8 Å². The summed E-state index contributed by atoms with van der Waals surface area (Å²) < 4.78 is 42.8. The van der Waals surface area contributed by atoms with Gasteiger partial charge in [0.2, 0.25) is 0 Å². The molecule has 32 heavy (non-hydrogen) atoms. The Kier molecular flexibility index (Phi) is 4.83. The Balaban J connectivity index is 1.29. The third-order valence-electron chi connectivity index (χ3n) is 5.38. The van der Waals surface area contributed by atoms with Gasteiger partial charge in [0.25, 0.3) is 11.4 Å². The molecule has 0 radical (unpaired) electrons. The summed E-state index contributed by atoms with van der Waals surface area (Å²) in [7, 11) is 0. The van der Waals surface area contributed by atoms with Gasteiger partial charge >= 0.3 is 6.18 Å². The average Bonchev–Trinajstić information content (AvgIpc) is 3.44. The van der Waals surface area contributed by atoms with E-state index < -0.39 is 12.0 Å². The first-order valence-electron chi connectivity index (χ1n) is 9.89. The van der Waals surface area contributed by atoms with E-state index in [1.54, 1.807) is 12.1 Å². The third kappa shape index (κ3) is 3.78. The Bertz CT molecular complexity index is 1290. The van der Waals surface area contributed by atoms with Gasteiger partial charge in [0.05, 0.1) is 6.04 Å². The van der Waals surface area contributed by atoms with E-state index in [1.807, 2.05) is 0 Å². The SMILES string of the molecule is O=c1ccc(-n2cncn2)nn1C1CCC(Nc2ccc3nnc(C(F)(F)F)n3n2)CC1. The Morgan fingerprint density at radius 1 is 1.00 bits per heavy atom. The maximum absolute atomic E-state index is 13.1. The van der Waals surface area contributed by atoms with Crippen LogP contribution < -0.4 is 10.9 Å². The van der Waals surface area contributed by atoms with Crippen LogP contribution in [-0.2, 0) is 6.18 Å². The molecule has 4 aromatic rings. The number of alkyl halides is 3. The predicted molar refractivity (Wildman–Crippen MR) is 104 cm³/mol. The zero-order valence-corrected chi connectivity index (χ0v) is 16.5. The molecule has 11 nitrogen and oxygen atoms in total. The van der Waals surface area contributed by atoms with Crippen molar-refractivity contribution in [3.05, 3.63) is 53.1 Å². The average molecular weight is 446 g/mol. The number of aromatic nitrogens is 9. The maximum Gasteiger partial charge on any atom is 0.453 e. The van der Waals surface area contributed by atoms with Crippen molar-refractivity contribution in [2.75, 3.05) is 5.32 Å². The molecule has 0 atom stereocenters.